The molecule has 94 valence electrons. The van der Waals surface area contributed by atoms with E-state index in [0.29, 0.717) is 17.1 Å². The van der Waals surface area contributed by atoms with Gasteiger partial charge in [-0.05, 0) is 31.2 Å². The molecule has 0 aliphatic heterocycles. The number of hydrogen-bond donors (Lipinski definition) is 3. The number of carbonyl (C=O) groups excluding carboxylic acids is 1. The molecule has 0 saturated carbocycles. The first-order valence-corrected chi connectivity index (χ1v) is 5.63. The van der Waals surface area contributed by atoms with Gasteiger partial charge < -0.3 is 16.4 Å². The van der Waals surface area contributed by atoms with Crippen molar-refractivity contribution in [1.29, 1.82) is 0 Å². The lowest BCUT2D eigenvalue weighted by Gasteiger charge is -2.05. The van der Waals surface area contributed by atoms with E-state index < -0.39 is 0 Å². The van der Waals surface area contributed by atoms with Gasteiger partial charge in [-0.25, -0.2) is 4.79 Å². The predicted octanol–water partition coefficient (Wildman–Crippen LogP) is 2.13. The highest BCUT2D eigenvalue weighted by atomic mass is 16.2. The highest BCUT2D eigenvalue weighted by Gasteiger charge is 2.04. The molecule has 0 radical (unpaired) electrons. The van der Waals surface area contributed by atoms with E-state index in [1.165, 1.54) is 0 Å². The summed E-state index contributed by atoms with van der Waals surface area (Å²) in [5.74, 6) is 0. The molecule has 0 fully saturated rings. The van der Waals surface area contributed by atoms with Gasteiger partial charge in [-0.15, -0.1) is 0 Å². The highest BCUT2D eigenvalue weighted by molar-refractivity contribution is 5.99. The fraction of sp³-hybridized carbons (Fsp3) is 0.167. The van der Waals surface area contributed by atoms with Crippen LogP contribution in [-0.4, -0.2) is 15.8 Å². The summed E-state index contributed by atoms with van der Waals surface area (Å²) in [6.07, 6.45) is 3.37. The molecule has 6 nitrogen and oxygen atoms in total. The Kier molecular flexibility index (Phi) is 3.47. The van der Waals surface area contributed by atoms with E-state index in [1.54, 1.807) is 41.3 Å². The lowest BCUT2D eigenvalue weighted by Crippen LogP contribution is -2.19. The second kappa shape index (κ2) is 5.22. The molecular weight excluding hydrogens is 230 g/mol. The number of nitrogen functional groups attached to an aromatic ring is 1. The first kappa shape index (κ1) is 12.0. The summed E-state index contributed by atoms with van der Waals surface area (Å²) in [6.45, 7) is 2.74. The van der Waals surface area contributed by atoms with Crippen molar-refractivity contribution >= 4 is 23.1 Å². The van der Waals surface area contributed by atoms with Crippen LogP contribution in [0.3, 0.4) is 0 Å². The zero-order valence-corrected chi connectivity index (χ0v) is 10.1. The molecule has 1 heterocycles. The number of aryl methyl sites for hydroxylation is 1. The van der Waals surface area contributed by atoms with E-state index >= 15 is 0 Å². The molecule has 1 aromatic heterocycles. The van der Waals surface area contributed by atoms with Crippen LogP contribution in [0, 0.1) is 0 Å². The molecule has 0 atom stereocenters. The summed E-state index contributed by atoms with van der Waals surface area (Å²) in [5.41, 5.74) is 7.56. The quantitative estimate of drug-likeness (QED) is 0.724. The average molecular weight is 245 g/mol. The molecule has 0 saturated heterocycles. The number of hydrogen-bond acceptors (Lipinski definition) is 3. The van der Waals surface area contributed by atoms with Crippen LogP contribution in [0.5, 0.6) is 0 Å². The van der Waals surface area contributed by atoms with Crippen LogP contribution in [0.25, 0.3) is 0 Å². The van der Waals surface area contributed by atoms with Gasteiger partial charge in [0.1, 0.15) is 0 Å². The van der Waals surface area contributed by atoms with Crippen molar-refractivity contribution in [2.24, 2.45) is 0 Å². The van der Waals surface area contributed by atoms with Crippen molar-refractivity contribution in [3.05, 3.63) is 36.7 Å². The minimum absolute atomic E-state index is 0.310. The Morgan fingerprint density at radius 3 is 2.56 bits per heavy atom. The van der Waals surface area contributed by atoms with Gasteiger partial charge in [0.05, 0.1) is 11.9 Å². The molecule has 2 aromatic rings. The van der Waals surface area contributed by atoms with E-state index in [2.05, 4.69) is 15.7 Å². The van der Waals surface area contributed by atoms with Crippen LogP contribution in [0.2, 0.25) is 0 Å². The van der Waals surface area contributed by atoms with Gasteiger partial charge in [0.2, 0.25) is 0 Å². The number of nitrogens with zero attached hydrogens (tertiary/aromatic N) is 2. The van der Waals surface area contributed by atoms with Crippen LogP contribution in [0.15, 0.2) is 36.7 Å². The Morgan fingerprint density at radius 2 is 1.94 bits per heavy atom. The molecule has 4 N–H and O–H groups in total. The third-order valence-corrected chi connectivity index (χ3v) is 2.38. The van der Waals surface area contributed by atoms with E-state index in [4.69, 9.17) is 5.73 Å². The molecule has 0 unspecified atom stereocenters. The van der Waals surface area contributed by atoms with E-state index in [9.17, 15) is 4.79 Å². The molecule has 2 rings (SSSR count). The van der Waals surface area contributed by atoms with Crippen LogP contribution >= 0.6 is 0 Å². The van der Waals surface area contributed by atoms with Crippen molar-refractivity contribution in [3.63, 3.8) is 0 Å². The number of rotatable bonds is 3. The first-order chi connectivity index (χ1) is 8.67. The number of benzene rings is 1. The highest BCUT2D eigenvalue weighted by Crippen LogP contribution is 2.11. The summed E-state index contributed by atoms with van der Waals surface area (Å²) in [7, 11) is 0. The Morgan fingerprint density at radius 1 is 1.28 bits per heavy atom. The third kappa shape index (κ3) is 3.00. The average Bonchev–Trinajstić information content (AvgIpc) is 2.79. The first-order valence-electron chi connectivity index (χ1n) is 5.63. The van der Waals surface area contributed by atoms with Crippen molar-refractivity contribution in [3.8, 4) is 0 Å². The Bertz CT molecular complexity index is 532. The molecule has 0 aliphatic rings. The standard InChI is InChI=1S/C12H15N5O/c1-2-17-8-11(7-14-17)16-12(18)15-10-5-3-9(13)4-6-10/h3-8H,2,13H2,1H3,(H2,15,16,18). The molecule has 2 amide bonds. The second-order valence-electron chi connectivity index (χ2n) is 3.79. The molecule has 6 heteroatoms. The number of anilines is 3. The summed E-state index contributed by atoms with van der Waals surface area (Å²) < 4.78 is 1.73. The minimum atomic E-state index is -0.310. The maximum atomic E-state index is 11.7. The SMILES string of the molecule is CCn1cc(NC(=O)Nc2ccc(N)cc2)cn1. The lowest BCUT2D eigenvalue weighted by molar-refractivity contribution is 0.262. The number of carbonyl (C=O) groups is 1. The summed E-state index contributed by atoms with van der Waals surface area (Å²) in [5, 5.41) is 9.46. The van der Waals surface area contributed by atoms with Crippen LogP contribution < -0.4 is 16.4 Å². The number of aromatic nitrogens is 2. The predicted molar refractivity (Wildman–Crippen MR) is 71.4 cm³/mol. The Labute approximate surface area is 105 Å². The summed E-state index contributed by atoms with van der Waals surface area (Å²) in [4.78, 5) is 11.7. The maximum Gasteiger partial charge on any atom is 0.323 e. The largest absolute Gasteiger partial charge is 0.399 e. The zero-order chi connectivity index (χ0) is 13.0. The number of nitrogens with two attached hydrogens (primary N) is 1. The van der Waals surface area contributed by atoms with Crippen molar-refractivity contribution in [2.75, 3.05) is 16.4 Å². The van der Waals surface area contributed by atoms with Gasteiger partial charge in [-0.3, -0.25) is 4.68 Å². The maximum absolute atomic E-state index is 11.7. The van der Waals surface area contributed by atoms with Crippen LogP contribution in [0.4, 0.5) is 21.9 Å². The van der Waals surface area contributed by atoms with Crippen molar-refractivity contribution < 1.29 is 4.79 Å². The zero-order valence-electron chi connectivity index (χ0n) is 10.1. The third-order valence-electron chi connectivity index (χ3n) is 2.38. The smallest absolute Gasteiger partial charge is 0.323 e. The van der Waals surface area contributed by atoms with Crippen molar-refractivity contribution in [2.45, 2.75) is 13.5 Å². The van der Waals surface area contributed by atoms with Gasteiger partial charge in [-0.2, -0.15) is 5.10 Å². The number of nitrogens with one attached hydrogen (secondary N) is 2. The molecule has 0 spiro atoms. The van der Waals surface area contributed by atoms with Crippen LogP contribution in [-0.2, 0) is 6.54 Å². The van der Waals surface area contributed by atoms with E-state index in [0.717, 1.165) is 6.54 Å². The lowest BCUT2D eigenvalue weighted by atomic mass is 10.3. The second-order valence-corrected chi connectivity index (χ2v) is 3.79. The molecule has 18 heavy (non-hydrogen) atoms. The van der Waals surface area contributed by atoms with E-state index in [1.807, 2.05) is 6.92 Å². The monoisotopic (exact) mass is 245 g/mol. The van der Waals surface area contributed by atoms with E-state index in [-0.39, 0.29) is 6.03 Å². The molecule has 1 aromatic carbocycles. The van der Waals surface area contributed by atoms with Gasteiger partial charge in [-0.1, -0.05) is 0 Å². The van der Waals surface area contributed by atoms with Gasteiger partial charge in [0.15, 0.2) is 0 Å². The fourth-order valence-electron chi connectivity index (χ4n) is 1.46. The number of amides is 2. The number of urea groups is 1. The minimum Gasteiger partial charge on any atom is -0.399 e. The van der Waals surface area contributed by atoms with Crippen LogP contribution in [0.1, 0.15) is 6.92 Å². The summed E-state index contributed by atoms with van der Waals surface area (Å²) >= 11 is 0. The van der Waals surface area contributed by atoms with Gasteiger partial charge in [0, 0.05) is 24.1 Å². The Balaban J connectivity index is 1.94. The fourth-order valence-corrected chi connectivity index (χ4v) is 1.46. The molecular formula is C12H15N5O. The van der Waals surface area contributed by atoms with Crippen molar-refractivity contribution in [1.82, 2.24) is 9.78 Å². The Hall–Kier alpha value is -2.50. The normalized spacial score (nSPS) is 10.1. The summed E-state index contributed by atoms with van der Waals surface area (Å²) in [6, 6.07) is 6.62. The van der Waals surface area contributed by atoms with Gasteiger partial charge in [0.25, 0.3) is 0 Å². The van der Waals surface area contributed by atoms with Gasteiger partial charge >= 0.3 is 6.03 Å². The molecule has 0 bridgehead atoms. The topological polar surface area (TPSA) is 85.0 Å². The molecule has 0 aliphatic carbocycles.